The van der Waals surface area contributed by atoms with E-state index in [2.05, 4.69) is 29.6 Å². The Kier molecular flexibility index (Phi) is 6.38. The zero-order chi connectivity index (χ0) is 20.9. The average Bonchev–Trinajstić information content (AvgIpc) is 3.35. The second-order valence-electron chi connectivity index (χ2n) is 7.62. The van der Waals surface area contributed by atoms with Crippen molar-refractivity contribution in [2.45, 2.75) is 25.9 Å². The van der Waals surface area contributed by atoms with Gasteiger partial charge in [-0.25, -0.2) is 0 Å². The molecule has 2 aliphatic heterocycles. The molecule has 4 rings (SSSR count). The fraction of sp³-hybridized carbons (Fsp3) is 0.348. The van der Waals surface area contributed by atoms with Gasteiger partial charge in [0, 0.05) is 26.1 Å². The number of rotatable bonds is 7. The maximum absolute atomic E-state index is 12.3. The Morgan fingerprint density at radius 2 is 1.80 bits per heavy atom. The second kappa shape index (κ2) is 9.34. The quantitative estimate of drug-likeness (QED) is 0.743. The Bertz CT molecular complexity index is 945. The maximum atomic E-state index is 12.3. The van der Waals surface area contributed by atoms with E-state index in [0.29, 0.717) is 31.1 Å². The van der Waals surface area contributed by atoms with Crippen LogP contribution in [0.5, 0.6) is 0 Å². The van der Waals surface area contributed by atoms with Gasteiger partial charge < -0.3 is 15.1 Å². The van der Waals surface area contributed by atoms with Crippen LogP contribution in [0.3, 0.4) is 0 Å². The lowest BCUT2D eigenvalue weighted by Gasteiger charge is -2.17. The molecule has 156 valence electrons. The molecular weight excluding hydrogens is 398 g/mol. The minimum atomic E-state index is -0.147. The highest BCUT2D eigenvalue weighted by Gasteiger charge is 2.23. The molecule has 3 amide bonds. The van der Waals surface area contributed by atoms with Crippen LogP contribution in [0.4, 0.5) is 0 Å². The fourth-order valence-electron chi connectivity index (χ4n) is 3.80. The Morgan fingerprint density at radius 1 is 1.00 bits per heavy atom. The molecular formula is C23H25N3O3S. The first kappa shape index (κ1) is 20.5. The summed E-state index contributed by atoms with van der Waals surface area (Å²) >= 11 is 1.53. The summed E-state index contributed by atoms with van der Waals surface area (Å²) in [6.07, 6.45) is 1.60. The highest BCUT2D eigenvalue weighted by molar-refractivity contribution is 8.00. The lowest BCUT2D eigenvalue weighted by Crippen LogP contribution is -2.37. The van der Waals surface area contributed by atoms with Crippen LogP contribution in [0, 0.1) is 0 Å². The number of benzene rings is 2. The average molecular weight is 424 g/mol. The van der Waals surface area contributed by atoms with Crippen molar-refractivity contribution in [1.29, 1.82) is 0 Å². The van der Waals surface area contributed by atoms with E-state index in [1.54, 1.807) is 4.90 Å². The molecule has 1 N–H and O–H groups in total. The van der Waals surface area contributed by atoms with Gasteiger partial charge in [-0.1, -0.05) is 48.5 Å². The van der Waals surface area contributed by atoms with E-state index in [9.17, 15) is 14.4 Å². The number of carbonyl (C=O) groups is 3. The zero-order valence-electron chi connectivity index (χ0n) is 16.8. The van der Waals surface area contributed by atoms with Gasteiger partial charge in [-0.15, -0.1) is 11.8 Å². The van der Waals surface area contributed by atoms with Crippen LogP contribution in [-0.4, -0.2) is 52.2 Å². The largest absolute Gasteiger partial charge is 0.350 e. The molecule has 0 spiro atoms. The van der Waals surface area contributed by atoms with E-state index < -0.39 is 0 Å². The Labute approximate surface area is 180 Å². The topological polar surface area (TPSA) is 69.7 Å². The Hall–Kier alpha value is -2.80. The Balaban J connectivity index is 1.39. The molecule has 0 aliphatic carbocycles. The number of hydrogen-bond acceptors (Lipinski definition) is 4. The van der Waals surface area contributed by atoms with E-state index >= 15 is 0 Å². The maximum Gasteiger partial charge on any atom is 0.239 e. The number of nitrogens with zero attached hydrogens (tertiary/aromatic N) is 2. The monoisotopic (exact) mass is 423 g/mol. The van der Waals surface area contributed by atoms with Gasteiger partial charge in [0.1, 0.15) is 6.54 Å². The molecule has 2 saturated heterocycles. The first-order chi connectivity index (χ1) is 14.6. The van der Waals surface area contributed by atoms with Crippen LogP contribution in [-0.2, 0) is 27.5 Å². The third-order valence-corrected chi connectivity index (χ3v) is 6.41. The van der Waals surface area contributed by atoms with E-state index in [0.717, 1.165) is 35.2 Å². The van der Waals surface area contributed by atoms with Crippen molar-refractivity contribution in [3.8, 4) is 11.1 Å². The van der Waals surface area contributed by atoms with Crippen LogP contribution in [0.1, 0.15) is 24.0 Å². The summed E-state index contributed by atoms with van der Waals surface area (Å²) in [7, 11) is 0. The minimum absolute atomic E-state index is 0.0197. The van der Waals surface area contributed by atoms with Crippen LogP contribution in [0.25, 0.3) is 11.1 Å². The molecule has 6 nitrogen and oxygen atoms in total. The van der Waals surface area contributed by atoms with E-state index in [-0.39, 0.29) is 24.3 Å². The second-order valence-corrected chi connectivity index (χ2v) is 8.57. The van der Waals surface area contributed by atoms with Gasteiger partial charge >= 0.3 is 0 Å². The fourth-order valence-corrected chi connectivity index (χ4v) is 4.70. The first-order valence-corrected chi connectivity index (χ1v) is 11.3. The number of amides is 3. The first-order valence-electron chi connectivity index (χ1n) is 10.2. The Morgan fingerprint density at radius 3 is 2.50 bits per heavy atom. The highest BCUT2D eigenvalue weighted by atomic mass is 32.2. The molecule has 0 bridgehead atoms. The summed E-state index contributed by atoms with van der Waals surface area (Å²) in [6, 6.07) is 16.2. The highest BCUT2D eigenvalue weighted by Crippen LogP contribution is 2.25. The molecule has 30 heavy (non-hydrogen) atoms. The lowest BCUT2D eigenvalue weighted by atomic mass is 9.98. The molecule has 2 aliphatic rings. The molecule has 2 fully saturated rings. The van der Waals surface area contributed by atoms with Gasteiger partial charge in [-0.2, -0.15) is 0 Å². The van der Waals surface area contributed by atoms with Crippen molar-refractivity contribution in [1.82, 2.24) is 15.1 Å². The molecule has 2 aromatic rings. The number of likely N-dealkylation sites (tertiary alicyclic amines) is 1. The summed E-state index contributed by atoms with van der Waals surface area (Å²) < 4.78 is 0. The minimum Gasteiger partial charge on any atom is -0.350 e. The number of carbonyl (C=O) groups excluding carboxylic acids is 3. The molecule has 0 saturated carbocycles. The van der Waals surface area contributed by atoms with Crippen LogP contribution in [0.15, 0.2) is 48.5 Å². The van der Waals surface area contributed by atoms with Gasteiger partial charge in [0.25, 0.3) is 0 Å². The van der Waals surface area contributed by atoms with Gasteiger partial charge in [-0.3, -0.25) is 14.4 Å². The molecule has 0 radical (unpaired) electrons. The van der Waals surface area contributed by atoms with Gasteiger partial charge in [0.05, 0.1) is 11.6 Å². The predicted octanol–water partition coefficient (Wildman–Crippen LogP) is 2.63. The van der Waals surface area contributed by atoms with E-state index in [1.807, 2.05) is 29.2 Å². The summed E-state index contributed by atoms with van der Waals surface area (Å²) in [6.45, 7) is 2.02. The molecule has 0 unspecified atom stereocenters. The number of thioether (sulfide) groups is 1. The van der Waals surface area contributed by atoms with Crippen molar-refractivity contribution >= 4 is 29.5 Å². The van der Waals surface area contributed by atoms with E-state index in [4.69, 9.17) is 0 Å². The summed E-state index contributed by atoms with van der Waals surface area (Å²) in [4.78, 5) is 39.3. The molecule has 7 heteroatoms. The smallest absolute Gasteiger partial charge is 0.239 e. The zero-order valence-corrected chi connectivity index (χ0v) is 17.6. The summed E-state index contributed by atoms with van der Waals surface area (Å²) in [5, 5.41) is 2.93. The van der Waals surface area contributed by atoms with Gasteiger partial charge in [0.15, 0.2) is 0 Å². The van der Waals surface area contributed by atoms with Crippen LogP contribution in [0.2, 0.25) is 0 Å². The van der Waals surface area contributed by atoms with Crippen molar-refractivity contribution in [3.05, 3.63) is 59.7 Å². The van der Waals surface area contributed by atoms with Gasteiger partial charge in [0.2, 0.25) is 17.7 Å². The molecule has 0 aromatic heterocycles. The van der Waals surface area contributed by atoms with Crippen molar-refractivity contribution in [3.63, 3.8) is 0 Å². The van der Waals surface area contributed by atoms with E-state index in [1.165, 1.54) is 11.8 Å². The lowest BCUT2D eigenvalue weighted by molar-refractivity contribution is -0.132. The third kappa shape index (κ3) is 4.84. The predicted molar refractivity (Wildman–Crippen MR) is 117 cm³/mol. The van der Waals surface area contributed by atoms with Crippen LogP contribution >= 0.6 is 11.8 Å². The number of hydrogen-bond donors (Lipinski definition) is 1. The van der Waals surface area contributed by atoms with Crippen molar-refractivity contribution in [2.24, 2.45) is 0 Å². The van der Waals surface area contributed by atoms with Crippen molar-refractivity contribution in [2.75, 3.05) is 24.7 Å². The van der Waals surface area contributed by atoms with Gasteiger partial charge in [-0.05, 0) is 28.7 Å². The molecule has 2 heterocycles. The summed E-state index contributed by atoms with van der Waals surface area (Å²) in [5.74, 6) is 1.14. The molecule has 2 aromatic carbocycles. The standard InChI is InChI=1S/C23H25N3O3S/c27-21(14-26-16-30-15-23(26)29)24-12-19-4-1-2-5-20(19)18-9-7-17(8-10-18)13-25-11-3-6-22(25)28/h1-2,4-5,7-10H,3,6,11-16H2,(H,24,27). The third-order valence-electron chi connectivity index (χ3n) is 5.46. The van der Waals surface area contributed by atoms with Crippen molar-refractivity contribution < 1.29 is 14.4 Å². The van der Waals surface area contributed by atoms with Crippen LogP contribution < -0.4 is 5.32 Å². The number of nitrogens with one attached hydrogen (secondary N) is 1. The normalized spacial score (nSPS) is 16.4. The molecule has 0 atom stereocenters. The summed E-state index contributed by atoms with van der Waals surface area (Å²) in [5.41, 5.74) is 4.28. The SMILES string of the molecule is O=C(CN1CSCC1=O)NCc1ccccc1-c1ccc(CN2CCCC2=O)cc1.